The van der Waals surface area contributed by atoms with E-state index in [1.165, 1.54) is 0 Å². The lowest BCUT2D eigenvalue weighted by Gasteiger charge is -2.10. The van der Waals surface area contributed by atoms with Crippen molar-refractivity contribution in [2.45, 2.75) is 31.9 Å². The number of amides is 1. The molecule has 1 aromatic rings. The van der Waals surface area contributed by atoms with Gasteiger partial charge in [0, 0.05) is 33.2 Å². The summed E-state index contributed by atoms with van der Waals surface area (Å²) < 4.78 is 11.7. The van der Waals surface area contributed by atoms with Gasteiger partial charge >= 0.3 is 0 Å². The highest BCUT2D eigenvalue weighted by Gasteiger charge is 2.12. The number of carbonyl (C=O) groups excluding carboxylic acids is 1. The Hall–Kier alpha value is -1.07. The van der Waals surface area contributed by atoms with Gasteiger partial charge in [-0.2, -0.15) is 0 Å². The van der Waals surface area contributed by atoms with Crippen molar-refractivity contribution in [3.05, 3.63) is 23.2 Å². The smallest absolute Gasteiger partial charge is 0.225 e. The first kappa shape index (κ1) is 16.0. The molecule has 4 nitrogen and oxygen atoms in total. The molecule has 106 valence electrons. The number of nitrogens with two attached hydrogens (primary N) is 1. The molecule has 0 radical (unpaired) electrons. The summed E-state index contributed by atoms with van der Waals surface area (Å²) in [7, 11) is -0.966. The second-order valence-corrected chi connectivity index (χ2v) is 6.74. The molecule has 0 heterocycles. The van der Waals surface area contributed by atoms with Crippen LogP contribution >= 0.6 is 11.6 Å². The molecule has 0 aliphatic carbocycles. The molecule has 2 atom stereocenters. The van der Waals surface area contributed by atoms with E-state index >= 15 is 0 Å². The third-order valence-corrected chi connectivity index (χ3v) is 4.91. The van der Waals surface area contributed by atoms with Crippen molar-refractivity contribution >= 4 is 39.7 Å². The van der Waals surface area contributed by atoms with Crippen LogP contribution in [-0.2, 0) is 15.6 Å². The van der Waals surface area contributed by atoms with Crippen LogP contribution in [0.25, 0.3) is 0 Å². The van der Waals surface area contributed by atoms with Gasteiger partial charge in [-0.3, -0.25) is 9.00 Å². The summed E-state index contributed by atoms with van der Waals surface area (Å²) in [6.45, 7) is 3.91. The van der Waals surface area contributed by atoms with Gasteiger partial charge in [0.25, 0.3) is 0 Å². The number of nitrogens with one attached hydrogen (secondary N) is 1. The number of carbonyl (C=O) groups is 1. The third kappa shape index (κ3) is 5.20. The van der Waals surface area contributed by atoms with Gasteiger partial charge in [0.15, 0.2) is 0 Å². The Morgan fingerprint density at radius 1 is 1.53 bits per heavy atom. The van der Waals surface area contributed by atoms with Crippen molar-refractivity contribution in [3.8, 4) is 0 Å². The number of hydrogen-bond donors (Lipinski definition) is 2. The summed E-state index contributed by atoms with van der Waals surface area (Å²) in [5.74, 6) is 0.180. The van der Waals surface area contributed by atoms with Gasteiger partial charge in [-0.25, -0.2) is 0 Å². The largest absolute Gasteiger partial charge is 0.397 e. The average molecular weight is 303 g/mol. The summed E-state index contributed by atoms with van der Waals surface area (Å²) >= 11 is 5.77. The number of benzene rings is 1. The highest BCUT2D eigenvalue weighted by Crippen LogP contribution is 2.22. The number of halogens is 1. The number of hydrogen-bond acceptors (Lipinski definition) is 3. The zero-order valence-electron chi connectivity index (χ0n) is 11.1. The molecule has 0 saturated heterocycles. The Kier molecular flexibility index (Phi) is 6.31. The fraction of sp³-hybridized carbons (Fsp3) is 0.462. The van der Waals surface area contributed by atoms with Crippen LogP contribution in [0, 0.1) is 0 Å². The van der Waals surface area contributed by atoms with Gasteiger partial charge in [-0.15, -0.1) is 0 Å². The molecule has 0 aromatic heterocycles. The fourth-order valence-electron chi connectivity index (χ4n) is 1.44. The van der Waals surface area contributed by atoms with Crippen molar-refractivity contribution in [1.82, 2.24) is 0 Å². The second-order valence-electron chi connectivity index (χ2n) is 4.33. The first-order valence-corrected chi connectivity index (χ1v) is 7.92. The Balaban J connectivity index is 2.49. The molecule has 0 fully saturated rings. The molecule has 1 rings (SSSR count). The van der Waals surface area contributed by atoms with Gasteiger partial charge in [0.2, 0.25) is 5.91 Å². The normalized spacial score (nSPS) is 13.8. The van der Waals surface area contributed by atoms with Gasteiger partial charge in [-0.05, 0) is 24.6 Å². The maximum Gasteiger partial charge on any atom is 0.225 e. The van der Waals surface area contributed by atoms with E-state index in [4.69, 9.17) is 17.3 Å². The highest BCUT2D eigenvalue weighted by molar-refractivity contribution is 7.85. The molecule has 19 heavy (non-hydrogen) atoms. The lowest BCUT2D eigenvalue weighted by molar-refractivity contribution is -0.115. The molecular weight excluding hydrogens is 284 g/mol. The van der Waals surface area contributed by atoms with Crippen molar-refractivity contribution in [2.24, 2.45) is 0 Å². The molecule has 0 bridgehead atoms. The summed E-state index contributed by atoms with van der Waals surface area (Å²) in [6.07, 6.45) is 1.07. The van der Waals surface area contributed by atoms with Crippen LogP contribution in [-0.4, -0.2) is 21.1 Å². The molecule has 0 aliphatic heterocycles. The van der Waals surface area contributed by atoms with Crippen molar-refractivity contribution < 1.29 is 9.00 Å². The number of nitrogen functional groups attached to an aromatic ring is 1. The van der Waals surface area contributed by atoms with Gasteiger partial charge in [0.1, 0.15) is 0 Å². The van der Waals surface area contributed by atoms with E-state index in [1.54, 1.807) is 18.2 Å². The zero-order chi connectivity index (χ0) is 14.4. The third-order valence-electron chi connectivity index (χ3n) is 2.84. The number of rotatable bonds is 6. The van der Waals surface area contributed by atoms with E-state index in [9.17, 15) is 9.00 Å². The molecule has 0 aliphatic rings. The minimum atomic E-state index is -0.966. The van der Waals surface area contributed by atoms with Crippen LogP contribution in [0.4, 0.5) is 11.4 Å². The Bertz CT molecular complexity index is 480. The molecule has 0 saturated carbocycles. The molecule has 2 unspecified atom stereocenters. The predicted molar refractivity (Wildman–Crippen MR) is 81.9 cm³/mol. The van der Waals surface area contributed by atoms with Gasteiger partial charge in [0.05, 0.1) is 11.4 Å². The molecule has 6 heteroatoms. The van der Waals surface area contributed by atoms with Gasteiger partial charge in [-0.1, -0.05) is 25.4 Å². The zero-order valence-corrected chi connectivity index (χ0v) is 12.7. The maximum atomic E-state index is 11.7. The quantitative estimate of drug-likeness (QED) is 0.794. The minimum absolute atomic E-state index is 0.119. The van der Waals surface area contributed by atoms with E-state index in [1.807, 2.05) is 13.8 Å². The Labute approximate surface area is 121 Å². The summed E-state index contributed by atoms with van der Waals surface area (Å²) in [5, 5.41) is 3.33. The predicted octanol–water partition coefficient (Wildman–Crippen LogP) is 2.80. The standard InChI is InChI=1S/C13H19ClN2O2S/c1-3-9(2)19(18)7-6-13(17)16-12-5-4-10(14)8-11(12)15/h4-5,8-9H,3,6-7,15H2,1-2H3,(H,16,17). The molecule has 3 N–H and O–H groups in total. The average Bonchev–Trinajstić information content (AvgIpc) is 2.38. The van der Waals surface area contributed by atoms with E-state index in [-0.39, 0.29) is 17.6 Å². The van der Waals surface area contributed by atoms with E-state index in [0.717, 1.165) is 6.42 Å². The first-order chi connectivity index (χ1) is 8.93. The lowest BCUT2D eigenvalue weighted by Crippen LogP contribution is -2.19. The van der Waals surface area contributed by atoms with Crippen LogP contribution in [0.2, 0.25) is 5.02 Å². The van der Waals surface area contributed by atoms with Crippen LogP contribution in [0.1, 0.15) is 26.7 Å². The van der Waals surface area contributed by atoms with Crippen LogP contribution in [0.5, 0.6) is 0 Å². The SMILES string of the molecule is CCC(C)S(=O)CCC(=O)Nc1ccc(Cl)cc1N. The van der Waals surface area contributed by atoms with Crippen molar-refractivity contribution in [3.63, 3.8) is 0 Å². The fourth-order valence-corrected chi connectivity index (χ4v) is 2.78. The minimum Gasteiger partial charge on any atom is -0.397 e. The van der Waals surface area contributed by atoms with Gasteiger partial charge < -0.3 is 11.1 Å². The van der Waals surface area contributed by atoms with E-state index in [0.29, 0.717) is 22.2 Å². The Morgan fingerprint density at radius 3 is 2.79 bits per heavy atom. The van der Waals surface area contributed by atoms with Crippen LogP contribution < -0.4 is 11.1 Å². The van der Waals surface area contributed by atoms with E-state index in [2.05, 4.69) is 5.32 Å². The molecule has 1 aromatic carbocycles. The maximum absolute atomic E-state index is 11.7. The summed E-state index contributed by atoms with van der Waals surface area (Å²) in [5.41, 5.74) is 6.69. The Morgan fingerprint density at radius 2 is 2.21 bits per heavy atom. The topological polar surface area (TPSA) is 72.2 Å². The van der Waals surface area contributed by atoms with Crippen LogP contribution in [0.3, 0.4) is 0 Å². The van der Waals surface area contributed by atoms with Crippen molar-refractivity contribution in [1.29, 1.82) is 0 Å². The number of anilines is 2. The second kappa shape index (κ2) is 7.50. The highest BCUT2D eigenvalue weighted by atomic mass is 35.5. The lowest BCUT2D eigenvalue weighted by atomic mass is 10.2. The molecule has 0 spiro atoms. The molecular formula is C13H19ClN2O2S. The van der Waals surface area contributed by atoms with Crippen LogP contribution in [0.15, 0.2) is 18.2 Å². The summed E-state index contributed by atoms with van der Waals surface area (Å²) in [4.78, 5) is 11.7. The first-order valence-electron chi connectivity index (χ1n) is 6.16. The van der Waals surface area contributed by atoms with Crippen molar-refractivity contribution in [2.75, 3.05) is 16.8 Å². The van der Waals surface area contributed by atoms with E-state index < -0.39 is 10.8 Å². The summed E-state index contributed by atoms with van der Waals surface area (Å²) in [6, 6.07) is 4.89. The molecule has 1 amide bonds. The monoisotopic (exact) mass is 302 g/mol.